The quantitative estimate of drug-likeness (QED) is 0.781. The van der Waals surface area contributed by atoms with Crippen molar-refractivity contribution in [1.82, 2.24) is 5.32 Å². The molecule has 1 aromatic carbocycles. The largest absolute Gasteiger partial charge is 0.391 e. The van der Waals surface area contributed by atoms with Gasteiger partial charge in [0.1, 0.15) is 5.82 Å². The number of nitrogens with one attached hydrogen (secondary N) is 1. The van der Waals surface area contributed by atoms with Gasteiger partial charge in [0.15, 0.2) is 0 Å². The standard InChI is InChI=1S/C13H16ClFN2O2/c14-9-3-7(1-2-10(9)15)6-17-13(19)8-4-11(16)12(18)5-8/h1-3,8,11-12,18H,4-6,16H2,(H,17,19)/t8-,11-,12-/m0/s1. The Labute approximate surface area is 115 Å². The summed E-state index contributed by atoms with van der Waals surface area (Å²) in [6.07, 6.45) is 0.255. The summed E-state index contributed by atoms with van der Waals surface area (Å²) in [6.45, 7) is 0.278. The molecule has 0 heterocycles. The molecule has 0 aliphatic heterocycles. The van der Waals surface area contributed by atoms with Gasteiger partial charge in [-0.05, 0) is 30.5 Å². The summed E-state index contributed by atoms with van der Waals surface area (Å²) in [7, 11) is 0. The van der Waals surface area contributed by atoms with E-state index in [0.29, 0.717) is 12.8 Å². The van der Waals surface area contributed by atoms with Gasteiger partial charge in [-0.3, -0.25) is 4.79 Å². The molecule has 1 saturated carbocycles. The lowest BCUT2D eigenvalue weighted by molar-refractivity contribution is -0.125. The topological polar surface area (TPSA) is 75.4 Å². The summed E-state index contributed by atoms with van der Waals surface area (Å²) in [5.41, 5.74) is 6.39. The van der Waals surface area contributed by atoms with E-state index in [1.165, 1.54) is 12.1 Å². The Balaban J connectivity index is 1.88. The minimum Gasteiger partial charge on any atom is -0.391 e. The second kappa shape index (κ2) is 5.86. The number of nitrogens with two attached hydrogens (primary N) is 1. The second-order valence-electron chi connectivity index (χ2n) is 4.87. The number of carbonyl (C=O) groups excluding carboxylic acids is 1. The van der Waals surface area contributed by atoms with Crippen LogP contribution in [-0.2, 0) is 11.3 Å². The predicted molar refractivity (Wildman–Crippen MR) is 70.0 cm³/mol. The van der Waals surface area contributed by atoms with E-state index in [9.17, 15) is 14.3 Å². The van der Waals surface area contributed by atoms with Gasteiger partial charge in [0.2, 0.25) is 5.91 Å². The van der Waals surface area contributed by atoms with Crippen molar-refractivity contribution < 1.29 is 14.3 Å². The fourth-order valence-corrected chi connectivity index (χ4v) is 2.45. The molecule has 1 aliphatic rings. The van der Waals surface area contributed by atoms with E-state index in [1.807, 2.05) is 0 Å². The number of aliphatic hydroxyl groups is 1. The normalized spacial score (nSPS) is 26.4. The van der Waals surface area contributed by atoms with Gasteiger partial charge in [0.25, 0.3) is 0 Å². The first-order chi connectivity index (χ1) is 8.97. The van der Waals surface area contributed by atoms with Gasteiger partial charge in [-0.1, -0.05) is 17.7 Å². The van der Waals surface area contributed by atoms with E-state index in [0.717, 1.165) is 5.56 Å². The minimum atomic E-state index is -0.615. The first kappa shape index (κ1) is 14.2. The SMILES string of the molecule is N[C@H]1C[C@H](C(=O)NCc2ccc(F)c(Cl)c2)C[C@@H]1O. The summed E-state index contributed by atoms with van der Waals surface area (Å²) >= 11 is 5.66. The van der Waals surface area contributed by atoms with E-state index < -0.39 is 11.9 Å². The molecule has 1 aliphatic carbocycles. The van der Waals surface area contributed by atoms with Crippen LogP contribution in [0.2, 0.25) is 5.02 Å². The van der Waals surface area contributed by atoms with Crippen molar-refractivity contribution in [1.29, 1.82) is 0 Å². The maximum atomic E-state index is 13.0. The monoisotopic (exact) mass is 286 g/mol. The van der Waals surface area contributed by atoms with Crippen molar-refractivity contribution in [2.75, 3.05) is 0 Å². The smallest absolute Gasteiger partial charge is 0.223 e. The zero-order valence-corrected chi connectivity index (χ0v) is 11.0. The molecule has 0 radical (unpaired) electrons. The lowest BCUT2D eigenvalue weighted by atomic mass is 10.1. The molecule has 4 N–H and O–H groups in total. The molecule has 19 heavy (non-hydrogen) atoms. The highest BCUT2D eigenvalue weighted by molar-refractivity contribution is 6.30. The number of hydrogen-bond acceptors (Lipinski definition) is 3. The number of amides is 1. The summed E-state index contributed by atoms with van der Waals surface area (Å²) in [5, 5.41) is 12.3. The average Bonchev–Trinajstić information content (AvgIpc) is 2.71. The number of benzene rings is 1. The van der Waals surface area contributed by atoms with Gasteiger partial charge in [-0.15, -0.1) is 0 Å². The predicted octanol–water partition coefficient (Wildman–Crippen LogP) is 1.19. The number of carbonyl (C=O) groups is 1. The van der Waals surface area contributed by atoms with Crippen LogP contribution < -0.4 is 11.1 Å². The summed E-state index contributed by atoms with van der Waals surface area (Å²) in [6, 6.07) is 3.97. The van der Waals surface area contributed by atoms with Gasteiger partial charge in [-0.25, -0.2) is 4.39 Å². The third kappa shape index (κ3) is 3.43. The highest BCUT2D eigenvalue weighted by Crippen LogP contribution is 2.25. The van der Waals surface area contributed by atoms with Crippen molar-refractivity contribution >= 4 is 17.5 Å². The Kier molecular flexibility index (Phi) is 4.39. The van der Waals surface area contributed by atoms with Crippen molar-refractivity contribution in [3.8, 4) is 0 Å². The number of halogens is 2. The molecule has 0 bridgehead atoms. The van der Waals surface area contributed by atoms with Gasteiger partial charge >= 0.3 is 0 Å². The van der Waals surface area contributed by atoms with Crippen molar-refractivity contribution in [2.24, 2.45) is 11.7 Å². The molecule has 0 spiro atoms. The van der Waals surface area contributed by atoms with E-state index in [4.69, 9.17) is 17.3 Å². The minimum absolute atomic E-state index is 0.0325. The van der Waals surface area contributed by atoms with Crippen LogP contribution in [0.4, 0.5) is 4.39 Å². The van der Waals surface area contributed by atoms with Crippen LogP contribution >= 0.6 is 11.6 Å². The molecule has 1 amide bonds. The maximum absolute atomic E-state index is 13.0. The average molecular weight is 287 g/mol. The van der Waals surface area contributed by atoms with Gasteiger partial charge < -0.3 is 16.2 Å². The van der Waals surface area contributed by atoms with E-state index >= 15 is 0 Å². The van der Waals surface area contributed by atoms with Crippen LogP contribution in [0, 0.1) is 11.7 Å². The van der Waals surface area contributed by atoms with Gasteiger partial charge in [-0.2, -0.15) is 0 Å². The van der Waals surface area contributed by atoms with Crippen LogP contribution in [0.3, 0.4) is 0 Å². The third-order valence-electron chi connectivity index (χ3n) is 3.40. The van der Waals surface area contributed by atoms with Crippen LogP contribution in [-0.4, -0.2) is 23.2 Å². The number of hydrogen-bond donors (Lipinski definition) is 3. The van der Waals surface area contributed by atoms with E-state index in [-0.39, 0.29) is 29.4 Å². The molecule has 2 rings (SSSR count). The molecule has 4 nitrogen and oxygen atoms in total. The second-order valence-corrected chi connectivity index (χ2v) is 5.27. The molecule has 3 atom stereocenters. The molecule has 0 saturated heterocycles. The Morgan fingerprint density at radius 2 is 2.26 bits per heavy atom. The Morgan fingerprint density at radius 3 is 2.84 bits per heavy atom. The van der Waals surface area contributed by atoms with Crippen molar-refractivity contribution in [2.45, 2.75) is 31.5 Å². The van der Waals surface area contributed by atoms with Gasteiger partial charge in [0, 0.05) is 18.5 Å². The fraction of sp³-hybridized carbons (Fsp3) is 0.462. The summed E-state index contributed by atoms with van der Waals surface area (Å²) < 4.78 is 13.0. The Hall–Kier alpha value is -1.17. The van der Waals surface area contributed by atoms with Crippen LogP contribution in [0.5, 0.6) is 0 Å². The Bertz CT molecular complexity index is 474. The van der Waals surface area contributed by atoms with Crippen LogP contribution in [0.1, 0.15) is 18.4 Å². The zero-order valence-electron chi connectivity index (χ0n) is 10.3. The first-order valence-corrected chi connectivity index (χ1v) is 6.50. The Morgan fingerprint density at radius 1 is 1.53 bits per heavy atom. The van der Waals surface area contributed by atoms with Crippen molar-refractivity contribution in [3.63, 3.8) is 0 Å². The number of rotatable bonds is 3. The van der Waals surface area contributed by atoms with E-state index in [2.05, 4.69) is 5.32 Å². The summed E-state index contributed by atoms with van der Waals surface area (Å²) in [5.74, 6) is -0.894. The van der Waals surface area contributed by atoms with E-state index in [1.54, 1.807) is 6.07 Å². The van der Waals surface area contributed by atoms with Crippen molar-refractivity contribution in [3.05, 3.63) is 34.6 Å². The highest BCUT2D eigenvalue weighted by Gasteiger charge is 2.34. The molecule has 1 aromatic rings. The third-order valence-corrected chi connectivity index (χ3v) is 3.69. The lowest BCUT2D eigenvalue weighted by Crippen LogP contribution is -2.30. The lowest BCUT2D eigenvalue weighted by Gasteiger charge is -2.10. The maximum Gasteiger partial charge on any atom is 0.223 e. The molecule has 0 unspecified atom stereocenters. The fourth-order valence-electron chi connectivity index (χ4n) is 2.25. The summed E-state index contributed by atoms with van der Waals surface area (Å²) in [4.78, 5) is 11.9. The first-order valence-electron chi connectivity index (χ1n) is 6.12. The molecular formula is C13H16ClFN2O2. The molecular weight excluding hydrogens is 271 g/mol. The van der Waals surface area contributed by atoms with Crippen LogP contribution in [0.15, 0.2) is 18.2 Å². The molecule has 6 heteroatoms. The van der Waals surface area contributed by atoms with Gasteiger partial charge in [0.05, 0.1) is 11.1 Å². The van der Waals surface area contributed by atoms with Crippen LogP contribution in [0.25, 0.3) is 0 Å². The molecule has 1 fully saturated rings. The zero-order chi connectivity index (χ0) is 14.0. The molecule has 104 valence electrons. The number of aliphatic hydroxyl groups excluding tert-OH is 1. The molecule has 0 aromatic heterocycles. The highest BCUT2D eigenvalue weighted by atomic mass is 35.5.